The standard InChI is InChI=1S/C18H21NO2/c1-13-6-7-14-8-9-19-18(17(14)10-13)12-21-16-5-3-4-15(11-16)20-2/h3-7,10-11,18-19H,8-9,12H2,1-2H3. The van der Waals surface area contributed by atoms with E-state index < -0.39 is 0 Å². The first-order chi connectivity index (χ1) is 10.3. The van der Waals surface area contributed by atoms with Crippen molar-refractivity contribution in [1.29, 1.82) is 0 Å². The number of methoxy groups -OCH3 is 1. The molecule has 0 amide bonds. The smallest absolute Gasteiger partial charge is 0.123 e. The van der Waals surface area contributed by atoms with Gasteiger partial charge < -0.3 is 14.8 Å². The minimum atomic E-state index is 0.250. The maximum absolute atomic E-state index is 5.94. The SMILES string of the molecule is COc1cccc(OCC2NCCc3ccc(C)cc32)c1. The van der Waals surface area contributed by atoms with Crippen LogP contribution in [0.5, 0.6) is 11.5 Å². The van der Waals surface area contributed by atoms with Gasteiger partial charge in [0, 0.05) is 6.07 Å². The third-order valence-corrected chi connectivity index (χ3v) is 3.92. The number of nitrogens with one attached hydrogen (secondary N) is 1. The summed E-state index contributed by atoms with van der Waals surface area (Å²) in [6.07, 6.45) is 1.09. The highest BCUT2D eigenvalue weighted by molar-refractivity contribution is 5.37. The lowest BCUT2D eigenvalue weighted by Crippen LogP contribution is -2.33. The fourth-order valence-electron chi connectivity index (χ4n) is 2.78. The Balaban J connectivity index is 1.73. The number of hydrogen-bond donors (Lipinski definition) is 1. The van der Waals surface area contributed by atoms with E-state index in [2.05, 4.69) is 30.4 Å². The molecule has 0 aliphatic carbocycles. The van der Waals surface area contributed by atoms with E-state index in [1.807, 2.05) is 24.3 Å². The van der Waals surface area contributed by atoms with Gasteiger partial charge in [0.15, 0.2) is 0 Å². The monoisotopic (exact) mass is 283 g/mol. The minimum absolute atomic E-state index is 0.250. The van der Waals surface area contributed by atoms with E-state index in [-0.39, 0.29) is 6.04 Å². The third-order valence-electron chi connectivity index (χ3n) is 3.92. The summed E-state index contributed by atoms with van der Waals surface area (Å²) in [5.41, 5.74) is 4.09. The number of rotatable bonds is 4. The molecule has 0 spiro atoms. The van der Waals surface area contributed by atoms with Crippen molar-refractivity contribution in [3.63, 3.8) is 0 Å². The zero-order chi connectivity index (χ0) is 14.7. The van der Waals surface area contributed by atoms with Crippen molar-refractivity contribution in [1.82, 2.24) is 5.32 Å². The van der Waals surface area contributed by atoms with Gasteiger partial charge in [-0.3, -0.25) is 0 Å². The van der Waals surface area contributed by atoms with Gasteiger partial charge in [-0.05, 0) is 43.1 Å². The second kappa shape index (κ2) is 6.19. The molecule has 1 heterocycles. The van der Waals surface area contributed by atoms with Crippen LogP contribution >= 0.6 is 0 Å². The molecule has 0 fully saturated rings. The Kier molecular flexibility index (Phi) is 4.11. The van der Waals surface area contributed by atoms with Crippen molar-refractivity contribution in [2.45, 2.75) is 19.4 Å². The maximum Gasteiger partial charge on any atom is 0.123 e. The van der Waals surface area contributed by atoms with Gasteiger partial charge in [-0.25, -0.2) is 0 Å². The molecule has 1 aliphatic heterocycles. The summed E-state index contributed by atoms with van der Waals surface area (Å²) in [5.74, 6) is 1.66. The lowest BCUT2D eigenvalue weighted by atomic mass is 9.93. The van der Waals surface area contributed by atoms with Crippen molar-refractivity contribution < 1.29 is 9.47 Å². The van der Waals surface area contributed by atoms with Gasteiger partial charge in [-0.15, -0.1) is 0 Å². The molecular weight excluding hydrogens is 262 g/mol. The Morgan fingerprint density at radius 3 is 2.86 bits per heavy atom. The summed E-state index contributed by atoms with van der Waals surface area (Å²) >= 11 is 0. The van der Waals surface area contributed by atoms with E-state index in [0.29, 0.717) is 6.61 Å². The van der Waals surface area contributed by atoms with Gasteiger partial charge in [-0.1, -0.05) is 29.8 Å². The Morgan fingerprint density at radius 1 is 1.14 bits per heavy atom. The number of fused-ring (bicyclic) bond motifs is 1. The summed E-state index contributed by atoms with van der Waals surface area (Å²) in [5, 5.41) is 3.55. The van der Waals surface area contributed by atoms with Gasteiger partial charge in [0.2, 0.25) is 0 Å². The van der Waals surface area contributed by atoms with E-state index >= 15 is 0 Å². The molecule has 3 nitrogen and oxygen atoms in total. The lowest BCUT2D eigenvalue weighted by Gasteiger charge is -2.27. The summed E-state index contributed by atoms with van der Waals surface area (Å²) in [6, 6.07) is 14.7. The van der Waals surface area contributed by atoms with E-state index in [1.54, 1.807) is 7.11 Å². The Morgan fingerprint density at radius 2 is 2.00 bits per heavy atom. The largest absolute Gasteiger partial charge is 0.497 e. The number of aryl methyl sites for hydroxylation is 1. The average Bonchev–Trinajstić information content (AvgIpc) is 2.53. The van der Waals surface area contributed by atoms with Crippen LogP contribution in [-0.4, -0.2) is 20.3 Å². The van der Waals surface area contributed by atoms with Crippen LogP contribution in [0.15, 0.2) is 42.5 Å². The number of hydrogen-bond acceptors (Lipinski definition) is 3. The van der Waals surface area contributed by atoms with Crippen LogP contribution in [0.3, 0.4) is 0 Å². The molecule has 1 N–H and O–H groups in total. The molecular formula is C18H21NO2. The normalized spacial score (nSPS) is 17.1. The fraction of sp³-hybridized carbons (Fsp3) is 0.333. The van der Waals surface area contributed by atoms with E-state index in [1.165, 1.54) is 16.7 Å². The van der Waals surface area contributed by atoms with Crippen LogP contribution in [0, 0.1) is 6.92 Å². The third kappa shape index (κ3) is 3.19. The molecule has 3 heteroatoms. The Bertz CT molecular complexity index is 624. The number of benzene rings is 2. The summed E-state index contributed by atoms with van der Waals surface area (Å²) in [6.45, 7) is 3.76. The second-order valence-electron chi connectivity index (χ2n) is 5.45. The van der Waals surface area contributed by atoms with E-state index in [0.717, 1.165) is 24.5 Å². The first-order valence-corrected chi connectivity index (χ1v) is 7.36. The molecule has 1 atom stereocenters. The zero-order valence-corrected chi connectivity index (χ0v) is 12.6. The van der Waals surface area contributed by atoms with Crippen LogP contribution in [0.4, 0.5) is 0 Å². The zero-order valence-electron chi connectivity index (χ0n) is 12.6. The predicted molar refractivity (Wildman–Crippen MR) is 84.1 cm³/mol. The summed E-state index contributed by atoms with van der Waals surface area (Å²) in [4.78, 5) is 0. The molecule has 110 valence electrons. The van der Waals surface area contributed by atoms with Crippen LogP contribution in [0.25, 0.3) is 0 Å². The highest BCUT2D eigenvalue weighted by Crippen LogP contribution is 2.26. The molecule has 1 aliphatic rings. The van der Waals surface area contributed by atoms with Crippen LogP contribution in [0.2, 0.25) is 0 Å². The molecule has 21 heavy (non-hydrogen) atoms. The first kappa shape index (κ1) is 14.0. The quantitative estimate of drug-likeness (QED) is 0.934. The van der Waals surface area contributed by atoms with Crippen molar-refractivity contribution in [3.8, 4) is 11.5 Å². The summed E-state index contributed by atoms with van der Waals surface area (Å²) in [7, 11) is 1.67. The topological polar surface area (TPSA) is 30.5 Å². The molecule has 0 saturated heterocycles. The van der Waals surface area contributed by atoms with E-state index in [4.69, 9.17) is 9.47 Å². The van der Waals surface area contributed by atoms with Crippen molar-refractivity contribution >= 4 is 0 Å². The van der Waals surface area contributed by atoms with Gasteiger partial charge >= 0.3 is 0 Å². The highest BCUT2D eigenvalue weighted by atomic mass is 16.5. The lowest BCUT2D eigenvalue weighted by molar-refractivity contribution is 0.260. The van der Waals surface area contributed by atoms with Crippen molar-refractivity contribution in [2.75, 3.05) is 20.3 Å². The van der Waals surface area contributed by atoms with Crippen LogP contribution in [0.1, 0.15) is 22.7 Å². The highest BCUT2D eigenvalue weighted by Gasteiger charge is 2.20. The van der Waals surface area contributed by atoms with Crippen LogP contribution in [-0.2, 0) is 6.42 Å². The summed E-state index contributed by atoms with van der Waals surface area (Å²) < 4.78 is 11.2. The van der Waals surface area contributed by atoms with Crippen LogP contribution < -0.4 is 14.8 Å². The maximum atomic E-state index is 5.94. The molecule has 3 rings (SSSR count). The van der Waals surface area contributed by atoms with Gasteiger partial charge in [0.1, 0.15) is 18.1 Å². The fourth-order valence-corrected chi connectivity index (χ4v) is 2.78. The van der Waals surface area contributed by atoms with Gasteiger partial charge in [0.05, 0.1) is 13.2 Å². The van der Waals surface area contributed by atoms with Crippen molar-refractivity contribution in [2.24, 2.45) is 0 Å². The predicted octanol–water partition coefficient (Wildman–Crippen LogP) is 3.27. The second-order valence-corrected chi connectivity index (χ2v) is 5.45. The molecule has 0 saturated carbocycles. The molecule has 1 unspecified atom stereocenters. The molecule has 0 aromatic heterocycles. The molecule has 0 bridgehead atoms. The van der Waals surface area contributed by atoms with Gasteiger partial charge in [-0.2, -0.15) is 0 Å². The number of ether oxygens (including phenoxy) is 2. The minimum Gasteiger partial charge on any atom is -0.497 e. The van der Waals surface area contributed by atoms with Crippen molar-refractivity contribution in [3.05, 3.63) is 59.2 Å². The molecule has 2 aromatic rings. The average molecular weight is 283 g/mol. The molecule has 2 aromatic carbocycles. The first-order valence-electron chi connectivity index (χ1n) is 7.36. The van der Waals surface area contributed by atoms with Gasteiger partial charge in [0.25, 0.3) is 0 Å². The Hall–Kier alpha value is -2.00. The molecule has 0 radical (unpaired) electrons. The van der Waals surface area contributed by atoms with E-state index in [9.17, 15) is 0 Å². The Labute approximate surface area is 125 Å².